The zero-order chi connectivity index (χ0) is 9.10. The molecule has 0 unspecified atom stereocenters. The molecule has 0 spiro atoms. The predicted molar refractivity (Wildman–Crippen MR) is 50.5 cm³/mol. The van der Waals surface area contributed by atoms with Crippen LogP contribution >= 0.6 is 0 Å². The molecule has 70 valence electrons. The number of hydrogen-bond donors (Lipinski definition) is 1. The third-order valence-corrected chi connectivity index (χ3v) is 2.26. The number of aromatic hydroxyl groups is 1. The van der Waals surface area contributed by atoms with E-state index in [1.165, 1.54) is 12.8 Å². The molecule has 2 nitrogen and oxygen atoms in total. The molecule has 0 aliphatic heterocycles. The van der Waals surface area contributed by atoms with E-state index >= 15 is 0 Å². The number of rotatable bonds is 4. The van der Waals surface area contributed by atoms with Gasteiger partial charge in [-0.3, -0.25) is 0 Å². The molecule has 0 heterocycles. The van der Waals surface area contributed by atoms with Crippen molar-refractivity contribution in [3.63, 3.8) is 0 Å². The summed E-state index contributed by atoms with van der Waals surface area (Å²) in [7, 11) is 0. The van der Waals surface area contributed by atoms with Gasteiger partial charge in [-0.1, -0.05) is 12.1 Å². The molecule has 0 bridgehead atoms. The molecule has 0 saturated heterocycles. The highest BCUT2D eigenvalue weighted by Gasteiger charge is 2.20. The molecular formula is C11H14O2. The van der Waals surface area contributed by atoms with Crippen LogP contribution in [0.2, 0.25) is 0 Å². The van der Waals surface area contributed by atoms with E-state index < -0.39 is 0 Å². The molecule has 1 saturated carbocycles. The Morgan fingerprint density at radius 3 is 2.54 bits per heavy atom. The lowest BCUT2D eigenvalue weighted by Gasteiger charge is -2.02. The zero-order valence-electron chi connectivity index (χ0n) is 7.57. The minimum Gasteiger partial charge on any atom is -0.508 e. The smallest absolute Gasteiger partial charge is 0.115 e. The van der Waals surface area contributed by atoms with Crippen molar-refractivity contribution < 1.29 is 9.84 Å². The van der Waals surface area contributed by atoms with Crippen LogP contribution in [-0.2, 0) is 11.3 Å². The van der Waals surface area contributed by atoms with Gasteiger partial charge in [0.1, 0.15) is 5.75 Å². The molecule has 0 amide bonds. The maximum Gasteiger partial charge on any atom is 0.115 e. The average Bonchev–Trinajstić information content (AvgIpc) is 2.92. The van der Waals surface area contributed by atoms with Gasteiger partial charge in [-0.2, -0.15) is 0 Å². The second kappa shape index (κ2) is 3.79. The largest absolute Gasteiger partial charge is 0.508 e. The Morgan fingerprint density at radius 1 is 1.23 bits per heavy atom. The van der Waals surface area contributed by atoms with Crippen LogP contribution in [0.25, 0.3) is 0 Å². The zero-order valence-corrected chi connectivity index (χ0v) is 7.57. The number of phenols is 1. The summed E-state index contributed by atoms with van der Waals surface area (Å²) >= 11 is 0. The molecule has 13 heavy (non-hydrogen) atoms. The van der Waals surface area contributed by atoms with E-state index in [4.69, 9.17) is 9.84 Å². The fourth-order valence-electron chi connectivity index (χ4n) is 1.22. The van der Waals surface area contributed by atoms with E-state index in [0.29, 0.717) is 12.4 Å². The van der Waals surface area contributed by atoms with Crippen molar-refractivity contribution in [3.8, 4) is 5.75 Å². The Balaban J connectivity index is 1.76. The lowest BCUT2D eigenvalue weighted by Crippen LogP contribution is -1.96. The fourth-order valence-corrected chi connectivity index (χ4v) is 1.22. The van der Waals surface area contributed by atoms with Gasteiger partial charge in [-0.05, 0) is 36.5 Å². The van der Waals surface area contributed by atoms with Crippen LogP contribution in [0, 0.1) is 5.92 Å². The SMILES string of the molecule is Oc1ccc(COCC2CC2)cc1. The highest BCUT2D eigenvalue weighted by atomic mass is 16.5. The summed E-state index contributed by atoms with van der Waals surface area (Å²) in [6.45, 7) is 1.55. The minimum atomic E-state index is 0.311. The Bertz CT molecular complexity index is 262. The predicted octanol–water partition coefficient (Wildman–Crippen LogP) is 2.32. The van der Waals surface area contributed by atoms with Gasteiger partial charge >= 0.3 is 0 Å². The molecular weight excluding hydrogens is 164 g/mol. The van der Waals surface area contributed by atoms with Crippen LogP contribution in [0.3, 0.4) is 0 Å². The molecule has 1 N–H and O–H groups in total. The van der Waals surface area contributed by atoms with E-state index in [-0.39, 0.29) is 0 Å². The molecule has 1 aliphatic carbocycles. The summed E-state index contributed by atoms with van der Waals surface area (Å²) < 4.78 is 5.50. The number of benzene rings is 1. The molecule has 0 radical (unpaired) electrons. The van der Waals surface area contributed by atoms with Crippen LogP contribution in [0.1, 0.15) is 18.4 Å². The van der Waals surface area contributed by atoms with Crippen molar-refractivity contribution in [1.82, 2.24) is 0 Å². The summed E-state index contributed by atoms with van der Waals surface area (Å²) in [5.41, 5.74) is 1.12. The van der Waals surface area contributed by atoms with Crippen molar-refractivity contribution in [1.29, 1.82) is 0 Å². The molecule has 2 heteroatoms. The van der Waals surface area contributed by atoms with E-state index in [0.717, 1.165) is 18.1 Å². The van der Waals surface area contributed by atoms with Crippen molar-refractivity contribution in [2.45, 2.75) is 19.4 Å². The molecule has 0 aromatic heterocycles. The van der Waals surface area contributed by atoms with Crippen LogP contribution in [-0.4, -0.2) is 11.7 Å². The first-order valence-electron chi connectivity index (χ1n) is 4.70. The highest BCUT2D eigenvalue weighted by molar-refractivity contribution is 5.25. The summed E-state index contributed by atoms with van der Waals surface area (Å²) in [5.74, 6) is 1.13. The Hall–Kier alpha value is -1.02. The van der Waals surface area contributed by atoms with Crippen molar-refractivity contribution in [2.24, 2.45) is 5.92 Å². The minimum absolute atomic E-state index is 0.311. The van der Waals surface area contributed by atoms with Crippen LogP contribution in [0.15, 0.2) is 24.3 Å². The Kier molecular flexibility index (Phi) is 2.50. The summed E-state index contributed by atoms with van der Waals surface area (Å²) in [6, 6.07) is 7.16. The number of hydrogen-bond acceptors (Lipinski definition) is 2. The van der Waals surface area contributed by atoms with Gasteiger partial charge in [0.05, 0.1) is 6.61 Å². The maximum atomic E-state index is 9.04. The summed E-state index contributed by atoms with van der Waals surface area (Å²) in [6.07, 6.45) is 2.66. The average molecular weight is 178 g/mol. The van der Waals surface area contributed by atoms with Crippen LogP contribution < -0.4 is 0 Å². The first-order valence-corrected chi connectivity index (χ1v) is 4.70. The van der Waals surface area contributed by atoms with Crippen LogP contribution in [0.4, 0.5) is 0 Å². The Labute approximate surface area is 78.2 Å². The standard InChI is InChI=1S/C11H14O2/c12-11-5-3-10(4-6-11)8-13-7-9-1-2-9/h3-6,9,12H,1-2,7-8H2. The van der Waals surface area contributed by atoms with E-state index in [9.17, 15) is 0 Å². The first-order chi connectivity index (χ1) is 6.34. The van der Waals surface area contributed by atoms with E-state index in [1.54, 1.807) is 12.1 Å². The van der Waals surface area contributed by atoms with Gasteiger partial charge < -0.3 is 9.84 Å². The second-order valence-corrected chi connectivity index (χ2v) is 3.62. The topological polar surface area (TPSA) is 29.5 Å². The van der Waals surface area contributed by atoms with Crippen molar-refractivity contribution in [3.05, 3.63) is 29.8 Å². The van der Waals surface area contributed by atoms with Gasteiger partial charge in [0.15, 0.2) is 0 Å². The van der Waals surface area contributed by atoms with E-state index in [1.807, 2.05) is 12.1 Å². The second-order valence-electron chi connectivity index (χ2n) is 3.62. The van der Waals surface area contributed by atoms with Gasteiger partial charge in [-0.25, -0.2) is 0 Å². The fraction of sp³-hybridized carbons (Fsp3) is 0.455. The quantitative estimate of drug-likeness (QED) is 0.766. The Morgan fingerprint density at radius 2 is 1.92 bits per heavy atom. The molecule has 1 aliphatic rings. The monoisotopic (exact) mass is 178 g/mol. The summed E-state index contributed by atoms with van der Waals surface area (Å²) in [5, 5.41) is 9.04. The lowest BCUT2D eigenvalue weighted by atomic mass is 10.2. The third kappa shape index (κ3) is 2.74. The summed E-state index contributed by atoms with van der Waals surface area (Å²) in [4.78, 5) is 0. The first kappa shape index (κ1) is 8.57. The maximum absolute atomic E-state index is 9.04. The molecule has 2 rings (SSSR count). The normalized spacial score (nSPS) is 16.0. The van der Waals surface area contributed by atoms with Crippen molar-refractivity contribution >= 4 is 0 Å². The number of phenolic OH excluding ortho intramolecular Hbond substituents is 1. The van der Waals surface area contributed by atoms with E-state index in [2.05, 4.69) is 0 Å². The van der Waals surface area contributed by atoms with Gasteiger partial charge in [-0.15, -0.1) is 0 Å². The molecule has 1 fully saturated rings. The van der Waals surface area contributed by atoms with Gasteiger partial charge in [0.25, 0.3) is 0 Å². The lowest BCUT2D eigenvalue weighted by molar-refractivity contribution is 0.111. The van der Waals surface area contributed by atoms with Gasteiger partial charge in [0.2, 0.25) is 0 Å². The highest BCUT2D eigenvalue weighted by Crippen LogP contribution is 2.29. The van der Waals surface area contributed by atoms with Crippen LogP contribution in [0.5, 0.6) is 5.75 Å². The molecule has 1 aromatic rings. The van der Waals surface area contributed by atoms with Gasteiger partial charge in [0, 0.05) is 6.61 Å². The number of ether oxygens (including phenoxy) is 1. The molecule has 0 atom stereocenters. The van der Waals surface area contributed by atoms with Crippen molar-refractivity contribution in [2.75, 3.05) is 6.61 Å². The third-order valence-electron chi connectivity index (χ3n) is 2.26. The molecule has 1 aromatic carbocycles.